The smallest absolute Gasteiger partial charge is 0.526 e. The number of fused-ring (bicyclic) bond motifs is 1. The number of amides is 4. The summed E-state index contributed by atoms with van der Waals surface area (Å²) in [5.41, 5.74) is 10.9. The number of carbonyl (C=O) groups excluding carboxylic acids is 7. The van der Waals surface area contributed by atoms with E-state index in [1.54, 1.807) is 65.1 Å². The number of benzene rings is 2. The molecule has 4 amide bonds. The van der Waals surface area contributed by atoms with Crippen molar-refractivity contribution in [2.24, 2.45) is 28.7 Å². The predicted molar refractivity (Wildman–Crippen MR) is 389 cm³/mol. The number of aliphatic carboxylic acids is 1. The van der Waals surface area contributed by atoms with Gasteiger partial charge in [-0.25, -0.2) is 23.7 Å². The molecule has 2 aromatic carbocycles. The Bertz CT molecular complexity index is 3580. The quantitative estimate of drug-likeness (QED) is 0.0214. The maximum Gasteiger partial charge on any atom is 0.526 e. The van der Waals surface area contributed by atoms with Gasteiger partial charge in [0.15, 0.2) is 11.6 Å². The number of aromatic nitrogens is 6. The summed E-state index contributed by atoms with van der Waals surface area (Å²) in [7, 11) is -0.424. The zero-order valence-electron chi connectivity index (χ0n) is 59.6. The number of ketones is 2. The van der Waals surface area contributed by atoms with E-state index in [9.17, 15) is 53.3 Å². The number of nitrogens with zero attached hydrogens (tertiary/aromatic N) is 6. The van der Waals surface area contributed by atoms with Crippen molar-refractivity contribution in [1.29, 1.82) is 0 Å². The number of nitrogens with one attached hydrogen (secondary N) is 4. The van der Waals surface area contributed by atoms with E-state index in [4.69, 9.17) is 85.6 Å². The van der Waals surface area contributed by atoms with Gasteiger partial charge in [-0.1, -0.05) is 81.7 Å². The van der Waals surface area contributed by atoms with Gasteiger partial charge in [-0.15, -0.1) is 23.0 Å². The molecule has 6 atom stereocenters. The van der Waals surface area contributed by atoms with Crippen LogP contribution >= 0.6 is 34.4 Å². The fourth-order valence-corrected chi connectivity index (χ4v) is 11.3. The highest BCUT2D eigenvalue weighted by Gasteiger charge is 2.68. The van der Waals surface area contributed by atoms with Crippen molar-refractivity contribution < 1.29 is 86.6 Å². The lowest BCUT2D eigenvalue weighted by Gasteiger charge is -2.64. The number of rotatable bonds is 24. The lowest BCUT2D eigenvalue weighted by atomic mass is 9.43. The van der Waals surface area contributed by atoms with Gasteiger partial charge in [0.05, 0.1) is 69.5 Å². The summed E-state index contributed by atoms with van der Waals surface area (Å²) in [5, 5.41) is 53.2. The Balaban J connectivity index is 0.000000587. The first-order valence-electron chi connectivity index (χ1n) is 32.7. The minimum Gasteiger partial charge on any atom is -0.535 e. The molecular weight excluding hydrogens is 1400 g/mol. The molecule has 1 saturated heterocycles. The molecule has 3 saturated carbocycles. The Morgan fingerprint density at radius 2 is 1.35 bits per heavy atom. The van der Waals surface area contributed by atoms with Crippen molar-refractivity contribution in [3.8, 4) is 36.2 Å². The van der Waals surface area contributed by atoms with Crippen LogP contribution in [-0.2, 0) is 86.6 Å². The Kier molecular flexibility index (Phi) is 38.0. The highest BCUT2D eigenvalue weighted by atomic mass is 35.6. The third kappa shape index (κ3) is 30.5. The summed E-state index contributed by atoms with van der Waals surface area (Å²) >= 11 is 14.4. The number of esters is 1. The first-order chi connectivity index (χ1) is 47.8. The van der Waals surface area contributed by atoms with Crippen LogP contribution in [0.4, 0.5) is 4.79 Å². The van der Waals surface area contributed by atoms with Gasteiger partial charge in [0, 0.05) is 37.3 Å². The van der Waals surface area contributed by atoms with Crippen LogP contribution in [0.3, 0.4) is 0 Å². The molecule has 103 heavy (non-hydrogen) atoms. The summed E-state index contributed by atoms with van der Waals surface area (Å²) in [5.74, 6) is 1.58. The first-order valence-corrected chi connectivity index (χ1v) is 34.0. The SMILES string of the molecule is C.C#CCN.C#CCNC(=O)CC.CCC(=O)O.COc1c(C[C@H](CC(=O)Cn2cc(CNC(=O)CNC(=O)OC(C)(C)C)nn2)B2O[C@@H]3C[C@@H]4C[C@@H](C4(C)C)[C@]3(C)O2)cccc1C(=O)OC(C)(C)C.ClB(Cl)Cl.NCC(=O)NCc1cn(CC(=O)C[C@H]2Cc3cccc(C(=O)O)c3OB2O)nn1. The minimum absolute atomic E-state index is 0. The van der Waals surface area contributed by atoms with Crippen LogP contribution in [0.5, 0.6) is 11.5 Å². The number of methoxy groups -OCH3 is 1. The van der Waals surface area contributed by atoms with Gasteiger partial charge in [0.25, 0.3) is 0 Å². The topological polar surface area (TPSA) is 431 Å². The molecule has 4 aromatic rings. The van der Waals surface area contributed by atoms with Crippen LogP contribution < -0.4 is 42.1 Å². The van der Waals surface area contributed by atoms with Crippen LogP contribution in [0.25, 0.3) is 0 Å². The number of carboxylic acid groups (broad SMARTS) is 2. The van der Waals surface area contributed by atoms with E-state index in [-0.39, 0.29) is 112 Å². The van der Waals surface area contributed by atoms with E-state index < -0.39 is 77.5 Å². The molecule has 0 radical (unpaired) electrons. The van der Waals surface area contributed by atoms with Gasteiger partial charge < -0.3 is 76.1 Å². The number of para-hydroxylation sites is 2. The van der Waals surface area contributed by atoms with Gasteiger partial charge in [-0.3, -0.25) is 28.8 Å². The van der Waals surface area contributed by atoms with Crippen molar-refractivity contribution in [2.45, 2.75) is 196 Å². The van der Waals surface area contributed by atoms with Crippen LogP contribution in [0.15, 0.2) is 48.8 Å². The second-order valence-corrected chi connectivity index (χ2v) is 28.5. The predicted octanol–water partition coefficient (Wildman–Crippen LogP) is 6.21. The third-order valence-electron chi connectivity index (χ3n) is 16.1. The molecule has 5 aliphatic rings. The molecule has 2 bridgehead atoms. The van der Waals surface area contributed by atoms with Crippen molar-refractivity contribution in [2.75, 3.05) is 33.3 Å². The summed E-state index contributed by atoms with van der Waals surface area (Å²) in [6.07, 6.45) is 15.4. The van der Waals surface area contributed by atoms with E-state index in [1.807, 2.05) is 26.8 Å². The molecule has 36 heteroatoms. The van der Waals surface area contributed by atoms with E-state index in [0.717, 1.165) is 18.4 Å². The number of aromatic carboxylic acids is 1. The summed E-state index contributed by atoms with van der Waals surface area (Å²) in [6.45, 7) is 21.2. The molecule has 2 aromatic heterocycles. The number of halogens is 3. The maximum atomic E-state index is 13.7. The normalized spacial score (nSPS) is 17.8. The lowest BCUT2D eigenvalue weighted by Crippen LogP contribution is -2.65. The number of terminal acetylenes is 2. The largest absolute Gasteiger partial charge is 0.535 e. The summed E-state index contributed by atoms with van der Waals surface area (Å²) in [6, 6.07) is 10.1. The summed E-state index contributed by atoms with van der Waals surface area (Å²) < 4.78 is 38.3. The Hall–Kier alpha value is -8.27. The fraction of sp³-hybridized carbons (Fsp3) is 0.567. The van der Waals surface area contributed by atoms with Crippen LogP contribution in [0, 0.1) is 41.9 Å². The fourth-order valence-electron chi connectivity index (χ4n) is 11.3. The van der Waals surface area contributed by atoms with Crippen molar-refractivity contribution >= 4 is 107 Å². The van der Waals surface area contributed by atoms with E-state index in [0.29, 0.717) is 72.5 Å². The van der Waals surface area contributed by atoms with Gasteiger partial charge in [-0.05, 0) is 115 Å². The minimum atomic E-state index is -1.29. The summed E-state index contributed by atoms with van der Waals surface area (Å²) in [4.78, 5) is 105. The molecule has 9 rings (SSSR count). The molecule has 3 aliphatic carbocycles. The van der Waals surface area contributed by atoms with Gasteiger partial charge >= 0.3 is 43.2 Å². The number of nitrogens with two attached hydrogens (primary N) is 2. The number of Topliss-reactive ketones (excluding diaryl/α,β-unsaturated/α-hetero) is 2. The van der Waals surface area contributed by atoms with Crippen molar-refractivity contribution in [1.82, 2.24) is 51.3 Å². The number of hydrogen-bond donors (Lipinski definition) is 9. The third-order valence-corrected chi connectivity index (χ3v) is 16.1. The molecule has 2 aliphatic heterocycles. The molecule has 564 valence electrons. The average molecular weight is 1500 g/mol. The van der Waals surface area contributed by atoms with Gasteiger partial charge in [0.2, 0.25) is 17.7 Å². The second-order valence-electron chi connectivity index (χ2n) is 26.5. The monoisotopic (exact) mass is 1500 g/mol. The molecule has 0 unspecified atom stereocenters. The number of carboxylic acids is 2. The van der Waals surface area contributed by atoms with Crippen LogP contribution in [-0.4, -0.2) is 174 Å². The van der Waals surface area contributed by atoms with Crippen LogP contribution in [0.2, 0.25) is 11.6 Å². The highest BCUT2D eigenvalue weighted by molar-refractivity contribution is 7.54. The molecular formula is C67H98B3Cl3N12O18. The van der Waals surface area contributed by atoms with E-state index >= 15 is 0 Å². The van der Waals surface area contributed by atoms with Crippen LogP contribution in [0.1, 0.15) is 165 Å². The zero-order valence-corrected chi connectivity index (χ0v) is 61.9. The molecule has 0 spiro atoms. The Morgan fingerprint density at radius 1 is 0.796 bits per heavy atom. The zero-order chi connectivity index (χ0) is 76.9. The number of hydrogen-bond acceptors (Lipinski definition) is 22. The molecule has 11 N–H and O–H groups in total. The average Bonchev–Trinajstić information content (AvgIpc) is 1.66. The van der Waals surface area contributed by atoms with Crippen molar-refractivity contribution in [3.05, 3.63) is 82.4 Å². The number of ether oxygens (including phenoxy) is 3. The second kappa shape index (κ2) is 43.1. The van der Waals surface area contributed by atoms with E-state index in [1.165, 1.54) is 28.7 Å². The number of alkyl carbamates (subject to hydrolysis) is 1. The first kappa shape index (κ1) is 90.8. The molecule has 4 heterocycles. The molecule has 4 fully saturated rings. The van der Waals surface area contributed by atoms with Gasteiger partial charge in [0.1, 0.15) is 59.3 Å². The highest BCUT2D eigenvalue weighted by Crippen LogP contribution is 2.66. The standard InChI is InChI=1S/C37H54BN5O9.C17H20BN5O6.C6H9NO.C3H5N.C3H6O2.CH4.BCl3/c1-34(2,3)49-32(46)27-13-11-12-22(31(27)48-10)14-24(38-51-29-16-23-15-28(36(23,7)8)37(29,9)52-38)17-26(44)21-43-20-25(41-42-43)18-39-30(45)19-40-33(47)50-35(4,5)6;19-6-15(25)20-7-12-8-23(22-21-12)9-13(24)5-11-4-10-2-1-3-14(17(26)27)16(10)29-18(11)28;1-3-5-7-6(8)4-2;1-2-3-4;1-2-3(4)5;;2-1(3)4/h11-13,20,23-24,28-29H,14-19,21H2,1-10H3,(H,39,45)(H,40,47);1-3,8,11,28H,4-7,9,19H2,(H,20,25)(H,26,27);1H,4-5H2,2H3,(H,7,8);1H,3-4H2;2H2,1H3,(H,4,5);1H4;/t23-,24+,28-,29+,37-;11-;;;;;/m01...../s1. The maximum absolute atomic E-state index is 13.7. The Labute approximate surface area is 617 Å². The lowest BCUT2D eigenvalue weighted by molar-refractivity contribution is -0.199. The van der Waals surface area contributed by atoms with Gasteiger partial charge in [-0.2, -0.15) is 34.4 Å². The van der Waals surface area contributed by atoms with E-state index in [2.05, 4.69) is 80.9 Å². The number of carbonyl (C=O) groups is 9. The molecule has 30 nitrogen and oxygen atoms in total. The van der Waals surface area contributed by atoms with Crippen molar-refractivity contribution in [3.63, 3.8) is 0 Å². The Morgan fingerprint density at radius 3 is 1.85 bits per heavy atom.